The Balaban J connectivity index is 1.66. The Morgan fingerprint density at radius 2 is 2.00 bits per heavy atom. The molecule has 138 valence electrons. The van der Waals surface area contributed by atoms with Crippen molar-refractivity contribution in [1.29, 1.82) is 0 Å². The van der Waals surface area contributed by atoms with Crippen molar-refractivity contribution < 1.29 is 14.7 Å². The molecule has 0 saturated carbocycles. The summed E-state index contributed by atoms with van der Waals surface area (Å²) in [6.07, 6.45) is 1.77. The topological polar surface area (TPSA) is 81.7 Å². The number of likely N-dealkylation sites (tertiary alicyclic amines) is 1. The first-order chi connectivity index (χ1) is 12.0. The average Bonchev–Trinajstić information content (AvgIpc) is 2.59. The first-order valence-electron chi connectivity index (χ1n) is 8.64. The van der Waals surface area contributed by atoms with Crippen molar-refractivity contribution in [3.05, 3.63) is 28.8 Å². The maximum absolute atomic E-state index is 12.0. The van der Waals surface area contributed by atoms with Crippen molar-refractivity contribution in [2.45, 2.75) is 26.2 Å². The van der Waals surface area contributed by atoms with Gasteiger partial charge in [-0.05, 0) is 56.5 Å². The largest absolute Gasteiger partial charge is 0.396 e. The second-order valence-electron chi connectivity index (χ2n) is 6.45. The van der Waals surface area contributed by atoms with Crippen molar-refractivity contribution >= 4 is 29.1 Å². The lowest BCUT2D eigenvalue weighted by atomic mass is 9.98. The van der Waals surface area contributed by atoms with E-state index in [0.717, 1.165) is 38.0 Å². The normalized spacial score (nSPS) is 15.8. The molecule has 0 unspecified atom stereocenters. The van der Waals surface area contributed by atoms with Gasteiger partial charge < -0.3 is 20.6 Å². The number of rotatable bonds is 7. The zero-order valence-electron chi connectivity index (χ0n) is 14.6. The van der Waals surface area contributed by atoms with Gasteiger partial charge in [0.05, 0.1) is 0 Å². The maximum Gasteiger partial charge on any atom is 0.233 e. The summed E-state index contributed by atoms with van der Waals surface area (Å²) in [6.45, 7) is 5.24. The lowest BCUT2D eigenvalue weighted by Crippen LogP contribution is -2.40. The van der Waals surface area contributed by atoms with E-state index in [0.29, 0.717) is 23.2 Å². The van der Waals surface area contributed by atoms with Gasteiger partial charge in [-0.15, -0.1) is 0 Å². The number of carbonyl (C=O) groups is 2. The third-order valence-corrected chi connectivity index (χ3v) is 4.99. The molecule has 1 heterocycles. The minimum absolute atomic E-state index is 0.210. The number of anilines is 1. The highest BCUT2D eigenvalue weighted by Gasteiger charge is 2.18. The van der Waals surface area contributed by atoms with Gasteiger partial charge in [-0.3, -0.25) is 9.59 Å². The van der Waals surface area contributed by atoms with Gasteiger partial charge in [0.15, 0.2) is 0 Å². The molecular weight excluding hydrogens is 342 g/mol. The van der Waals surface area contributed by atoms with E-state index >= 15 is 0 Å². The van der Waals surface area contributed by atoms with Crippen LogP contribution in [0.25, 0.3) is 0 Å². The van der Waals surface area contributed by atoms with Crippen molar-refractivity contribution in [2.75, 3.05) is 38.1 Å². The summed E-state index contributed by atoms with van der Waals surface area (Å²) in [5.41, 5.74) is 1.40. The molecule has 1 fully saturated rings. The number of hydrogen-bond acceptors (Lipinski definition) is 4. The molecule has 1 aromatic rings. The number of aliphatic hydroxyl groups excluding tert-OH is 1. The molecule has 0 aromatic heterocycles. The molecule has 0 bridgehead atoms. The van der Waals surface area contributed by atoms with Crippen LogP contribution in [-0.2, 0) is 9.59 Å². The maximum atomic E-state index is 12.0. The Morgan fingerprint density at radius 1 is 1.28 bits per heavy atom. The van der Waals surface area contributed by atoms with E-state index in [1.165, 1.54) is 0 Å². The van der Waals surface area contributed by atoms with Gasteiger partial charge in [0.2, 0.25) is 11.8 Å². The predicted molar refractivity (Wildman–Crippen MR) is 98.7 cm³/mol. The zero-order chi connectivity index (χ0) is 18.2. The van der Waals surface area contributed by atoms with Gasteiger partial charge in [0.1, 0.15) is 6.42 Å². The number of benzene rings is 1. The summed E-state index contributed by atoms with van der Waals surface area (Å²) in [5.74, 6) is -0.237. The molecule has 2 amide bonds. The van der Waals surface area contributed by atoms with Gasteiger partial charge >= 0.3 is 0 Å². The van der Waals surface area contributed by atoms with Gasteiger partial charge in [0, 0.05) is 30.4 Å². The Kier molecular flexibility index (Phi) is 7.68. The standard InChI is InChI=1S/C18H26ClN3O3/c1-13-15(19)3-2-4-16(13)21-18(25)11-17(24)20-7-10-22-8-5-14(12-23)6-9-22/h2-4,14,23H,5-12H2,1H3,(H,20,24)(H,21,25). The molecule has 1 saturated heterocycles. The SMILES string of the molecule is Cc1c(Cl)cccc1NC(=O)CC(=O)NCCN1CCC(CO)CC1. The molecule has 0 atom stereocenters. The van der Waals surface area contributed by atoms with E-state index in [4.69, 9.17) is 16.7 Å². The van der Waals surface area contributed by atoms with Gasteiger partial charge in [-0.1, -0.05) is 17.7 Å². The van der Waals surface area contributed by atoms with E-state index < -0.39 is 0 Å². The van der Waals surface area contributed by atoms with E-state index in [2.05, 4.69) is 15.5 Å². The summed E-state index contributed by atoms with van der Waals surface area (Å²) >= 11 is 6.01. The fourth-order valence-electron chi connectivity index (χ4n) is 2.89. The molecule has 1 aliphatic rings. The van der Waals surface area contributed by atoms with Gasteiger partial charge in [0.25, 0.3) is 0 Å². The second kappa shape index (κ2) is 9.75. The molecule has 1 aromatic carbocycles. The van der Waals surface area contributed by atoms with Crippen molar-refractivity contribution in [3.8, 4) is 0 Å². The molecule has 0 radical (unpaired) electrons. The number of nitrogens with zero attached hydrogens (tertiary/aromatic N) is 1. The first-order valence-corrected chi connectivity index (χ1v) is 9.02. The highest BCUT2D eigenvalue weighted by atomic mass is 35.5. The number of hydrogen-bond donors (Lipinski definition) is 3. The number of halogens is 1. The van der Waals surface area contributed by atoms with Gasteiger partial charge in [-0.2, -0.15) is 0 Å². The van der Waals surface area contributed by atoms with Crippen LogP contribution in [0.4, 0.5) is 5.69 Å². The Hall–Kier alpha value is -1.63. The lowest BCUT2D eigenvalue weighted by molar-refractivity contribution is -0.126. The molecule has 1 aliphatic heterocycles. The van der Waals surface area contributed by atoms with Crippen LogP contribution in [0.15, 0.2) is 18.2 Å². The molecule has 7 heteroatoms. The summed E-state index contributed by atoms with van der Waals surface area (Å²) in [5, 5.41) is 15.2. The molecule has 2 rings (SSSR count). The van der Waals surface area contributed by atoms with Crippen LogP contribution in [0.1, 0.15) is 24.8 Å². The molecule has 3 N–H and O–H groups in total. The Morgan fingerprint density at radius 3 is 2.68 bits per heavy atom. The molecular formula is C18H26ClN3O3. The van der Waals surface area contributed by atoms with Crippen LogP contribution in [-0.4, -0.2) is 54.6 Å². The molecule has 0 spiro atoms. The summed E-state index contributed by atoms with van der Waals surface area (Å²) < 4.78 is 0. The lowest BCUT2D eigenvalue weighted by Gasteiger charge is -2.30. The van der Waals surface area contributed by atoms with Crippen molar-refractivity contribution in [1.82, 2.24) is 10.2 Å². The number of amides is 2. The minimum Gasteiger partial charge on any atom is -0.396 e. The molecule has 6 nitrogen and oxygen atoms in total. The smallest absolute Gasteiger partial charge is 0.233 e. The predicted octanol–water partition coefficient (Wildman–Crippen LogP) is 1.80. The van der Waals surface area contributed by atoms with Crippen LogP contribution in [0.2, 0.25) is 5.02 Å². The fraction of sp³-hybridized carbons (Fsp3) is 0.556. The quantitative estimate of drug-likeness (QED) is 0.642. The number of carbonyl (C=O) groups excluding carboxylic acids is 2. The van der Waals surface area contributed by atoms with E-state index in [-0.39, 0.29) is 24.8 Å². The second-order valence-corrected chi connectivity index (χ2v) is 6.86. The fourth-order valence-corrected chi connectivity index (χ4v) is 3.07. The van der Waals surface area contributed by atoms with Crippen molar-refractivity contribution in [2.24, 2.45) is 5.92 Å². The third kappa shape index (κ3) is 6.30. The number of piperidine rings is 1. The van der Waals surface area contributed by atoms with Crippen LogP contribution >= 0.6 is 11.6 Å². The molecule has 25 heavy (non-hydrogen) atoms. The van der Waals surface area contributed by atoms with E-state index in [1.54, 1.807) is 18.2 Å². The highest BCUT2D eigenvalue weighted by molar-refractivity contribution is 6.31. The van der Waals surface area contributed by atoms with Crippen LogP contribution in [0.5, 0.6) is 0 Å². The Bertz CT molecular complexity index is 601. The van der Waals surface area contributed by atoms with Crippen LogP contribution in [0, 0.1) is 12.8 Å². The van der Waals surface area contributed by atoms with E-state index in [9.17, 15) is 9.59 Å². The van der Waals surface area contributed by atoms with E-state index in [1.807, 2.05) is 6.92 Å². The van der Waals surface area contributed by atoms with Crippen LogP contribution in [0.3, 0.4) is 0 Å². The zero-order valence-corrected chi connectivity index (χ0v) is 15.3. The number of aliphatic hydroxyl groups is 1. The van der Waals surface area contributed by atoms with Crippen LogP contribution < -0.4 is 10.6 Å². The highest BCUT2D eigenvalue weighted by Crippen LogP contribution is 2.22. The summed E-state index contributed by atoms with van der Waals surface area (Å²) in [7, 11) is 0. The molecule has 0 aliphatic carbocycles. The Labute approximate surface area is 153 Å². The average molecular weight is 368 g/mol. The first kappa shape index (κ1) is 19.7. The summed E-state index contributed by atoms with van der Waals surface area (Å²) in [6, 6.07) is 5.26. The minimum atomic E-state index is -0.355. The van der Waals surface area contributed by atoms with Gasteiger partial charge in [-0.25, -0.2) is 0 Å². The number of nitrogens with one attached hydrogen (secondary N) is 2. The monoisotopic (exact) mass is 367 g/mol. The summed E-state index contributed by atoms with van der Waals surface area (Å²) in [4.78, 5) is 26.1. The van der Waals surface area contributed by atoms with Crippen molar-refractivity contribution in [3.63, 3.8) is 0 Å². The third-order valence-electron chi connectivity index (χ3n) is 4.58.